The van der Waals surface area contributed by atoms with E-state index in [1.807, 2.05) is 24.4 Å². The van der Waals surface area contributed by atoms with Crippen molar-refractivity contribution in [1.82, 2.24) is 9.47 Å². The van der Waals surface area contributed by atoms with E-state index in [0.717, 1.165) is 13.1 Å². The van der Waals surface area contributed by atoms with Crippen LogP contribution in [0, 0.1) is 0 Å². The Morgan fingerprint density at radius 1 is 1.10 bits per heavy atom. The zero-order chi connectivity index (χ0) is 14.4. The van der Waals surface area contributed by atoms with Crippen LogP contribution in [0.4, 0.5) is 0 Å². The molecule has 0 unspecified atom stereocenters. The van der Waals surface area contributed by atoms with Crippen molar-refractivity contribution in [3.05, 3.63) is 70.1 Å². The fourth-order valence-electron chi connectivity index (χ4n) is 2.20. The quantitative estimate of drug-likeness (QED) is 0.865. The smallest absolute Gasteiger partial charge is 0.250 e. The maximum atomic E-state index is 11.6. The molecular formula is C16H21N3O. The van der Waals surface area contributed by atoms with Crippen LogP contribution >= 0.6 is 0 Å². The van der Waals surface area contributed by atoms with Gasteiger partial charge in [-0.1, -0.05) is 30.3 Å². The van der Waals surface area contributed by atoms with Crippen LogP contribution in [0.1, 0.15) is 11.1 Å². The van der Waals surface area contributed by atoms with Crippen molar-refractivity contribution >= 4 is 0 Å². The molecule has 1 aromatic carbocycles. The summed E-state index contributed by atoms with van der Waals surface area (Å²) in [4.78, 5) is 13.8. The highest BCUT2D eigenvalue weighted by Gasteiger charge is 2.04. The summed E-state index contributed by atoms with van der Waals surface area (Å²) in [7, 11) is 2.06. The van der Waals surface area contributed by atoms with Crippen molar-refractivity contribution in [2.45, 2.75) is 19.6 Å². The van der Waals surface area contributed by atoms with Gasteiger partial charge in [-0.05, 0) is 24.2 Å². The zero-order valence-electron chi connectivity index (χ0n) is 11.8. The molecule has 0 saturated carbocycles. The summed E-state index contributed by atoms with van der Waals surface area (Å²) < 4.78 is 1.73. The first kappa shape index (κ1) is 14.5. The average molecular weight is 271 g/mol. The van der Waals surface area contributed by atoms with Crippen LogP contribution in [-0.4, -0.2) is 23.1 Å². The topological polar surface area (TPSA) is 51.3 Å². The summed E-state index contributed by atoms with van der Waals surface area (Å²) >= 11 is 0. The lowest BCUT2D eigenvalue weighted by atomic mass is 10.1. The van der Waals surface area contributed by atoms with Gasteiger partial charge in [0.15, 0.2) is 0 Å². The first-order valence-corrected chi connectivity index (χ1v) is 6.81. The van der Waals surface area contributed by atoms with Crippen molar-refractivity contribution in [3.63, 3.8) is 0 Å². The first-order valence-electron chi connectivity index (χ1n) is 6.81. The Kier molecular flexibility index (Phi) is 5.09. The van der Waals surface area contributed by atoms with Crippen LogP contribution < -0.4 is 11.3 Å². The highest BCUT2D eigenvalue weighted by Crippen LogP contribution is 2.10. The van der Waals surface area contributed by atoms with Gasteiger partial charge in [-0.3, -0.25) is 4.79 Å². The van der Waals surface area contributed by atoms with Crippen molar-refractivity contribution in [1.29, 1.82) is 0 Å². The third kappa shape index (κ3) is 3.79. The van der Waals surface area contributed by atoms with Crippen molar-refractivity contribution in [2.24, 2.45) is 5.73 Å². The third-order valence-electron chi connectivity index (χ3n) is 3.40. The number of pyridine rings is 1. The minimum absolute atomic E-state index is 0.0447. The third-order valence-corrected chi connectivity index (χ3v) is 3.40. The summed E-state index contributed by atoms with van der Waals surface area (Å²) in [6, 6.07) is 13.4. The molecule has 4 heteroatoms. The SMILES string of the molecule is CN(CCn1ccccc1=O)Cc1ccccc1CN. The number of likely N-dealkylation sites (N-methyl/N-ethyl adjacent to an activating group) is 1. The number of hydrogen-bond donors (Lipinski definition) is 1. The summed E-state index contributed by atoms with van der Waals surface area (Å²) in [5.41, 5.74) is 8.22. The molecule has 0 atom stereocenters. The molecule has 2 aromatic rings. The molecule has 106 valence electrons. The van der Waals surface area contributed by atoms with Crippen molar-refractivity contribution < 1.29 is 0 Å². The molecule has 0 aliphatic rings. The highest BCUT2D eigenvalue weighted by atomic mass is 16.1. The molecule has 0 aliphatic heterocycles. The lowest BCUT2D eigenvalue weighted by Gasteiger charge is -2.19. The van der Waals surface area contributed by atoms with Gasteiger partial charge in [0.25, 0.3) is 5.56 Å². The van der Waals surface area contributed by atoms with Crippen LogP contribution in [0.3, 0.4) is 0 Å². The van der Waals surface area contributed by atoms with Crippen molar-refractivity contribution in [3.8, 4) is 0 Å². The van der Waals surface area contributed by atoms with E-state index in [9.17, 15) is 4.79 Å². The van der Waals surface area contributed by atoms with Crippen LogP contribution in [-0.2, 0) is 19.6 Å². The molecule has 1 heterocycles. The fraction of sp³-hybridized carbons (Fsp3) is 0.312. The number of nitrogens with zero attached hydrogens (tertiary/aromatic N) is 2. The minimum atomic E-state index is 0.0447. The largest absolute Gasteiger partial charge is 0.326 e. The average Bonchev–Trinajstić information content (AvgIpc) is 2.47. The Balaban J connectivity index is 1.94. The normalized spacial score (nSPS) is 10.9. The molecule has 0 spiro atoms. The van der Waals surface area contributed by atoms with Gasteiger partial charge < -0.3 is 15.2 Å². The van der Waals surface area contributed by atoms with E-state index < -0.39 is 0 Å². The Morgan fingerprint density at radius 2 is 1.80 bits per heavy atom. The van der Waals surface area contributed by atoms with Crippen molar-refractivity contribution in [2.75, 3.05) is 13.6 Å². The van der Waals surface area contributed by atoms with E-state index in [4.69, 9.17) is 5.73 Å². The molecule has 2 rings (SSSR count). The van der Waals surface area contributed by atoms with E-state index in [0.29, 0.717) is 13.1 Å². The predicted octanol–water partition coefficient (Wildman–Crippen LogP) is 1.44. The molecule has 0 amide bonds. The second kappa shape index (κ2) is 7.03. The molecule has 4 nitrogen and oxygen atoms in total. The number of rotatable bonds is 6. The zero-order valence-corrected chi connectivity index (χ0v) is 11.8. The predicted molar refractivity (Wildman–Crippen MR) is 81.4 cm³/mol. The van der Waals surface area contributed by atoms with Gasteiger partial charge in [0, 0.05) is 38.4 Å². The number of hydrogen-bond acceptors (Lipinski definition) is 3. The maximum Gasteiger partial charge on any atom is 0.250 e. The van der Waals surface area contributed by atoms with Gasteiger partial charge in [-0.15, -0.1) is 0 Å². The van der Waals surface area contributed by atoms with Gasteiger partial charge in [0.1, 0.15) is 0 Å². The molecule has 0 radical (unpaired) electrons. The van der Waals surface area contributed by atoms with Crippen LogP contribution in [0.15, 0.2) is 53.5 Å². The van der Waals surface area contributed by atoms with Gasteiger partial charge in [0.05, 0.1) is 0 Å². The molecule has 2 N–H and O–H groups in total. The molecule has 0 fully saturated rings. The number of benzene rings is 1. The second-order valence-corrected chi connectivity index (χ2v) is 4.94. The van der Waals surface area contributed by atoms with Gasteiger partial charge >= 0.3 is 0 Å². The summed E-state index contributed by atoms with van der Waals surface area (Å²) in [5, 5.41) is 0. The van der Waals surface area contributed by atoms with Gasteiger partial charge in [-0.25, -0.2) is 0 Å². The molecule has 0 bridgehead atoms. The van der Waals surface area contributed by atoms with E-state index in [-0.39, 0.29) is 5.56 Å². The molecule has 0 aliphatic carbocycles. The Labute approximate surface area is 119 Å². The summed E-state index contributed by atoms with van der Waals surface area (Å²) in [6.45, 7) is 2.92. The maximum absolute atomic E-state index is 11.6. The van der Waals surface area contributed by atoms with Crippen LogP contribution in [0.5, 0.6) is 0 Å². The lowest BCUT2D eigenvalue weighted by molar-refractivity contribution is 0.309. The summed E-state index contributed by atoms with van der Waals surface area (Å²) in [5.74, 6) is 0. The number of aromatic nitrogens is 1. The number of nitrogens with two attached hydrogens (primary N) is 1. The summed E-state index contributed by atoms with van der Waals surface area (Å²) in [6.07, 6.45) is 1.82. The lowest BCUT2D eigenvalue weighted by Crippen LogP contribution is -2.27. The van der Waals surface area contributed by atoms with E-state index in [1.54, 1.807) is 16.7 Å². The minimum Gasteiger partial charge on any atom is -0.326 e. The Bertz CT molecular complexity index is 606. The van der Waals surface area contributed by atoms with E-state index in [1.165, 1.54) is 11.1 Å². The van der Waals surface area contributed by atoms with E-state index in [2.05, 4.69) is 24.1 Å². The Morgan fingerprint density at radius 3 is 2.50 bits per heavy atom. The fourth-order valence-corrected chi connectivity index (χ4v) is 2.20. The van der Waals surface area contributed by atoms with Gasteiger partial charge in [-0.2, -0.15) is 0 Å². The highest BCUT2D eigenvalue weighted by molar-refractivity contribution is 5.26. The standard InChI is InChI=1S/C16H21N3O/c1-18(10-11-19-9-5-4-8-16(19)20)13-15-7-3-2-6-14(15)12-17/h2-9H,10-13,17H2,1H3. The molecule has 20 heavy (non-hydrogen) atoms. The van der Waals surface area contributed by atoms with Crippen LogP contribution in [0.25, 0.3) is 0 Å². The van der Waals surface area contributed by atoms with Crippen LogP contribution in [0.2, 0.25) is 0 Å². The Hall–Kier alpha value is -1.91. The first-order chi connectivity index (χ1) is 9.70. The molecule has 0 saturated heterocycles. The molecular weight excluding hydrogens is 250 g/mol. The molecule has 1 aromatic heterocycles. The monoisotopic (exact) mass is 271 g/mol. The van der Waals surface area contributed by atoms with Gasteiger partial charge in [0.2, 0.25) is 0 Å². The van der Waals surface area contributed by atoms with E-state index >= 15 is 0 Å². The second-order valence-electron chi connectivity index (χ2n) is 4.94.